The Morgan fingerprint density at radius 3 is 2.41 bits per heavy atom. The van der Waals surface area contributed by atoms with Crippen molar-refractivity contribution in [1.82, 2.24) is 16.0 Å². The van der Waals surface area contributed by atoms with E-state index in [1.165, 1.54) is 19.3 Å². The molecule has 4 N–H and O–H groups in total. The number of benzene rings is 3. The molecule has 0 aliphatic heterocycles. The van der Waals surface area contributed by atoms with Crippen LogP contribution in [-0.2, 0) is 25.7 Å². The fraction of sp³-hybridized carbons (Fsp3) is 0.233. The van der Waals surface area contributed by atoms with Crippen LogP contribution in [0, 0.1) is 5.41 Å². The number of fused-ring (bicyclic) bond motifs is 1. The standard InChI is InChI=1S/C30H32N4O5/c1-20(23-15-9-12-21-10-3-5-13-24(21)23)34-28(36)25-14-6-4-11-22(25)18-33-30(38)29(37)32-17-8-7-16-27(35)26(31)19-39-2/h3-7,9-16,20,31H,8,17-19H2,1-2H3,(H,32,37)(H,33,38)(H,34,36)/b16-7+,31-26?/t20-/m1/s1. The Morgan fingerprint density at radius 2 is 1.62 bits per heavy atom. The minimum Gasteiger partial charge on any atom is -0.378 e. The van der Waals surface area contributed by atoms with Crippen LogP contribution in [0.1, 0.15) is 40.9 Å². The molecule has 39 heavy (non-hydrogen) atoms. The highest BCUT2D eigenvalue weighted by Crippen LogP contribution is 2.24. The third-order valence-electron chi connectivity index (χ3n) is 6.00. The van der Waals surface area contributed by atoms with Gasteiger partial charge in [-0.3, -0.25) is 24.6 Å². The van der Waals surface area contributed by atoms with Gasteiger partial charge in [-0.25, -0.2) is 0 Å². The van der Waals surface area contributed by atoms with Crippen LogP contribution in [0.15, 0.2) is 78.9 Å². The minimum absolute atomic E-state index is 0.00545. The fourth-order valence-corrected chi connectivity index (χ4v) is 3.99. The molecule has 3 amide bonds. The van der Waals surface area contributed by atoms with Crippen LogP contribution in [0.4, 0.5) is 0 Å². The van der Waals surface area contributed by atoms with Crippen LogP contribution >= 0.6 is 0 Å². The number of carbonyl (C=O) groups is 4. The van der Waals surface area contributed by atoms with E-state index in [9.17, 15) is 19.2 Å². The maximum Gasteiger partial charge on any atom is 0.309 e. The van der Waals surface area contributed by atoms with E-state index in [1.54, 1.807) is 24.3 Å². The zero-order valence-electron chi connectivity index (χ0n) is 22.0. The largest absolute Gasteiger partial charge is 0.378 e. The summed E-state index contributed by atoms with van der Waals surface area (Å²) in [6.45, 7) is 1.98. The van der Waals surface area contributed by atoms with E-state index in [4.69, 9.17) is 10.1 Å². The number of carbonyl (C=O) groups excluding carboxylic acids is 4. The molecule has 9 heteroatoms. The van der Waals surface area contributed by atoms with Gasteiger partial charge in [0.2, 0.25) is 5.78 Å². The topological polar surface area (TPSA) is 137 Å². The average Bonchev–Trinajstić information content (AvgIpc) is 2.95. The van der Waals surface area contributed by atoms with Crippen LogP contribution in [0.25, 0.3) is 10.8 Å². The van der Waals surface area contributed by atoms with Gasteiger partial charge in [0.25, 0.3) is 5.91 Å². The van der Waals surface area contributed by atoms with Crippen LogP contribution in [-0.4, -0.2) is 49.5 Å². The van der Waals surface area contributed by atoms with E-state index in [-0.39, 0.29) is 37.4 Å². The maximum absolute atomic E-state index is 13.1. The van der Waals surface area contributed by atoms with E-state index in [1.807, 2.05) is 49.4 Å². The number of rotatable bonds is 12. The van der Waals surface area contributed by atoms with Crippen LogP contribution in [0.2, 0.25) is 0 Å². The number of hydrogen-bond acceptors (Lipinski definition) is 6. The minimum atomic E-state index is -0.837. The molecule has 1 atom stereocenters. The van der Waals surface area contributed by atoms with Gasteiger partial charge in [-0.2, -0.15) is 0 Å². The lowest BCUT2D eigenvalue weighted by Crippen LogP contribution is -2.40. The van der Waals surface area contributed by atoms with Crippen molar-refractivity contribution >= 4 is 40.0 Å². The molecule has 0 fully saturated rings. The Balaban J connectivity index is 1.52. The van der Waals surface area contributed by atoms with Crippen LogP contribution in [0.5, 0.6) is 0 Å². The molecule has 0 aliphatic carbocycles. The quantitative estimate of drug-likeness (QED) is 0.124. The third kappa shape index (κ3) is 8.18. The Labute approximate surface area is 227 Å². The molecule has 0 heterocycles. The van der Waals surface area contributed by atoms with E-state index in [0.29, 0.717) is 17.5 Å². The first kappa shape index (κ1) is 28.9. The summed E-state index contributed by atoms with van der Waals surface area (Å²) < 4.78 is 4.73. The van der Waals surface area contributed by atoms with Crippen molar-refractivity contribution in [3.63, 3.8) is 0 Å². The number of ketones is 1. The first-order valence-corrected chi connectivity index (χ1v) is 12.5. The second-order valence-corrected chi connectivity index (χ2v) is 8.83. The molecule has 202 valence electrons. The fourth-order valence-electron chi connectivity index (χ4n) is 3.99. The summed E-state index contributed by atoms with van der Waals surface area (Å²) in [5.74, 6) is -2.43. The molecule has 0 unspecified atom stereocenters. The highest BCUT2D eigenvalue weighted by molar-refractivity contribution is 6.43. The lowest BCUT2D eigenvalue weighted by Gasteiger charge is -2.18. The molecule has 0 saturated heterocycles. The Bertz CT molecular complexity index is 1390. The monoisotopic (exact) mass is 528 g/mol. The van der Waals surface area contributed by atoms with Crippen molar-refractivity contribution in [3.05, 3.63) is 95.6 Å². The van der Waals surface area contributed by atoms with Gasteiger partial charge in [0.05, 0.1) is 12.6 Å². The van der Waals surface area contributed by atoms with E-state index < -0.39 is 17.6 Å². The lowest BCUT2D eigenvalue weighted by molar-refractivity contribution is -0.139. The van der Waals surface area contributed by atoms with Crippen molar-refractivity contribution in [2.75, 3.05) is 20.3 Å². The molecule has 0 radical (unpaired) electrons. The predicted molar refractivity (Wildman–Crippen MR) is 149 cm³/mol. The molecule has 0 bridgehead atoms. The Kier molecular flexibility index (Phi) is 10.6. The first-order chi connectivity index (χ1) is 18.8. The number of methoxy groups -OCH3 is 1. The average molecular weight is 529 g/mol. The van der Waals surface area contributed by atoms with Gasteiger partial charge >= 0.3 is 11.8 Å². The molecule has 0 spiro atoms. The zero-order valence-corrected chi connectivity index (χ0v) is 22.0. The summed E-state index contributed by atoms with van der Waals surface area (Å²) in [5.41, 5.74) is 1.80. The second-order valence-electron chi connectivity index (χ2n) is 8.83. The van der Waals surface area contributed by atoms with Crippen molar-refractivity contribution in [2.24, 2.45) is 0 Å². The predicted octanol–water partition coefficient (Wildman–Crippen LogP) is 3.24. The molecule has 0 aromatic heterocycles. The highest BCUT2D eigenvalue weighted by Gasteiger charge is 2.18. The van der Waals surface area contributed by atoms with Crippen molar-refractivity contribution in [1.29, 1.82) is 5.41 Å². The van der Waals surface area contributed by atoms with Crippen LogP contribution < -0.4 is 16.0 Å². The number of amides is 3. The van der Waals surface area contributed by atoms with E-state index in [2.05, 4.69) is 16.0 Å². The van der Waals surface area contributed by atoms with Gasteiger partial charge in [0.1, 0.15) is 5.71 Å². The lowest BCUT2D eigenvalue weighted by atomic mass is 9.99. The molecule has 3 aromatic rings. The summed E-state index contributed by atoms with van der Waals surface area (Å²) in [6, 6.07) is 20.6. The van der Waals surface area contributed by atoms with E-state index >= 15 is 0 Å². The SMILES string of the molecule is COCC(=N)C(=O)/C=C/CCNC(=O)C(=O)NCc1ccccc1C(=O)N[C@H](C)c1cccc2ccccc12. The number of nitrogens with one attached hydrogen (secondary N) is 4. The Hall–Kier alpha value is -4.63. The summed E-state index contributed by atoms with van der Waals surface area (Å²) in [7, 11) is 1.40. The number of allylic oxidation sites excluding steroid dienone is 1. The second kappa shape index (κ2) is 14.3. The maximum atomic E-state index is 13.1. The molecule has 3 aromatic carbocycles. The van der Waals surface area contributed by atoms with Gasteiger partial charge in [-0.05, 0) is 47.4 Å². The van der Waals surface area contributed by atoms with E-state index in [0.717, 1.165) is 16.3 Å². The Morgan fingerprint density at radius 1 is 0.923 bits per heavy atom. The summed E-state index contributed by atoms with van der Waals surface area (Å²) in [4.78, 5) is 49.2. The van der Waals surface area contributed by atoms with Gasteiger partial charge in [-0.1, -0.05) is 66.7 Å². The van der Waals surface area contributed by atoms with Crippen LogP contribution in [0.3, 0.4) is 0 Å². The highest BCUT2D eigenvalue weighted by atomic mass is 16.5. The van der Waals surface area contributed by atoms with Gasteiger partial charge in [-0.15, -0.1) is 0 Å². The summed E-state index contributed by atoms with van der Waals surface area (Å²) >= 11 is 0. The van der Waals surface area contributed by atoms with Gasteiger partial charge in [0, 0.05) is 25.8 Å². The molecular weight excluding hydrogens is 496 g/mol. The van der Waals surface area contributed by atoms with Gasteiger partial charge < -0.3 is 20.7 Å². The number of ether oxygens (including phenoxy) is 1. The van der Waals surface area contributed by atoms with Crippen molar-refractivity contribution in [2.45, 2.75) is 25.9 Å². The van der Waals surface area contributed by atoms with Crippen molar-refractivity contribution < 1.29 is 23.9 Å². The molecule has 3 rings (SSSR count). The first-order valence-electron chi connectivity index (χ1n) is 12.5. The summed E-state index contributed by atoms with van der Waals surface area (Å²) in [5, 5.41) is 17.7. The molecule has 0 aliphatic rings. The molecular formula is C30H32N4O5. The smallest absolute Gasteiger partial charge is 0.309 e. The zero-order chi connectivity index (χ0) is 28.2. The third-order valence-corrected chi connectivity index (χ3v) is 6.00. The summed E-state index contributed by atoms with van der Waals surface area (Å²) in [6.07, 6.45) is 3.05. The van der Waals surface area contributed by atoms with Crippen molar-refractivity contribution in [3.8, 4) is 0 Å². The number of hydrogen-bond donors (Lipinski definition) is 4. The van der Waals surface area contributed by atoms with Gasteiger partial charge in [0.15, 0.2) is 0 Å². The normalized spacial score (nSPS) is 11.6. The molecule has 9 nitrogen and oxygen atoms in total. The molecule has 0 saturated carbocycles.